The van der Waals surface area contributed by atoms with Crippen molar-refractivity contribution in [3.63, 3.8) is 0 Å². The van der Waals surface area contributed by atoms with Crippen LogP contribution in [0.15, 0.2) is 25.6 Å². The van der Waals surface area contributed by atoms with Gasteiger partial charge >= 0.3 is 0 Å². The van der Waals surface area contributed by atoms with E-state index in [0.29, 0.717) is 0 Å². The minimum absolute atomic E-state index is 0.897. The highest BCUT2D eigenvalue weighted by atomic mass is 32.2. The fourth-order valence-corrected chi connectivity index (χ4v) is 5.25. The number of hydrogen-bond donors (Lipinski definition) is 1. The maximum atomic E-state index is 6.05. The molecule has 2 N–H and O–H groups in total. The van der Waals surface area contributed by atoms with Gasteiger partial charge < -0.3 is 5.73 Å². The monoisotopic (exact) mass is 277 g/mol. The van der Waals surface area contributed by atoms with Crippen molar-refractivity contribution in [2.24, 2.45) is 0 Å². The van der Waals surface area contributed by atoms with Crippen molar-refractivity contribution in [2.75, 3.05) is 30.8 Å². The van der Waals surface area contributed by atoms with E-state index in [1.54, 1.807) is 47.0 Å². The standard InChI is InChI=1S/C10H15NS4/c1-12-7-5-6(11)8(13-2)10(15-4)9(7)14-3/h5H,11H2,1-4H3. The first-order valence-corrected chi connectivity index (χ1v) is 9.21. The summed E-state index contributed by atoms with van der Waals surface area (Å²) in [7, 11) is 0. The molecule has 1 rings (SSSR count). The highest BCUT2D eigenvalue weighted by molar-refractivity contribution is 8.04. The first-order valence-electron chi connectivity index (χ1n) is 4.32. The first kappa shape index (κ1) is 13.5. The summed E-state index contributed by atoms with van der Waals surface area (Å²) in [5, 5.41) is 0. The Balaban J connectivity index is 3.44. The van der Waals surface area contributed by atoms with Gasteiger partial charge in [0.1, 0.15) is 0 Å². The lowest BCUT2D eigenvalue weighted by molar-refractivity contribution is 1.05. The molecule has 0 saturated heterocycles. The predicted octanol–water partition coefficient (Wildman–Crippen LogP) is 4.16. The van der Waals surface area contributed by atoms with Gasteiger partial charge in [0.2, 0.25) is 0 Å². The van der Waals surface area contributed by atoms with Gasteiger partial charge in [-0.25, -0.2) is 0 Å². The largest absolute Gasteiger partial charge is 0.398 e. The Kier molecular flexibility index (Phi) is 5.60. The Morgan fingerprint density at radius 2 is 1.33 bits per heavy atom. The molecule has 0 saturated carbocycles. The van der Waals surface area contributed by atoms with E-state index in [2.05, 4.69) is 31.1 Å². The molecule has 84 valence electrons. The fourth-order valence-electron chi connectivity index (χ4n) is 1.36. The van der Waals surface area contributed by atoms with Crippen molar-refractivity contribution in [3.05, 3.63) is 6.07 Å². The fraction of sp³-hybridized carbons (Fsp3) is 0.400. The lowest BCUT2D eigenvalue weighted by Gasteiger charge is -2.15. The van der Waals surface area contributed by atoms with E-state index in [9.17, 15) is 0 Å². The van der Waals surface area contributed by atoms with Gasteiger partial charge in [0.25, 0.3) is 0 Å². The average molecular weight is 278 g/mol. The van der Waals surface area contributed by atoms with Crippen molar-refractivity contribution in [1.82, 2.24) is 0 Å². The first-order chi connectivity index (χ1) is 7.19. The summed E-state index contributed by atoms with van der Waals surface area (Å²) in [4.78, 5) is 5.17. The summed E-state index contributed by atoms with van der Waals surface area (Å²) in [6.45, 7) is 0. The van der Waals surface area contributed by atoms with Crippen LogP contribution in [0.5, 0.6) is 0 Å². The number of hydrogen-bond acceptors (Lipinski definition) is 5. The summed E-state index contributed by atoms with van der Waals surface area (Å²) in [6.07, 6.45) is 8.40. The van der Waals surface area contributed by atoms with Crippen LogP contribution in [-0.4, -0.2) is 25.0 Å². The van der Waals surface area contributed by atoms with Crippen LogP contribution in [-0.2, 0) is 0 Å². The number of rotatable bonds is 4. The SMILES string of the molecule is CSc1cc(N)c(SC)c(SC)c1SC. The van der Waals surface area contributed by atoms with E-state index in [0.717, 1.165) is 5.69 Å². The van der Waals surface area contributed by atoms with Gasteiger partial charge in [0.15, 0.2) is 0 Å². The molecule has 0 bridgehead atoms. The Labute approximate surface area is 109 Å². The average Bonchev–Trinajstić information content (AvgIpc) is 2.27. The van der Waals surface area contributed by atoms with Crippen molar-refractivity contribution in [2.45, 2.75) is 19.6 Å². The second-order valence-electron chi connectivity index (χ2n) is 2.77. The zero-order chi connectivity index (χ0) is 11.4. The van der Waals surface area contributed by atoms with Crippen LogP contribution in [0.3, 0.4) is 0 Å². The third kappa shape index (κ3) is 2.75. The second-order valence-corrected chi connectivity index (χ2v) is 6.07. The lowest BCUT2D eigenvalue weighted by atomic mass is 10.3. The highest BCUT2D eigenvalue weighted by Crippen LogP contribution is 2.44. The molecule has 1 aromatic rings. The molecule has 0 amide bonds. The smallest absolute Gasteiger partial charge is 0.0475 e. The molecule has 0 spiro atoms. The van der Waals surface area contributed by atoms with Crippen LogP contribution >= 0.6 is 47.0 Å². The van der Waals surface area contributed by atoms with Crippen molar-refractivity contribution in [3.8, 4) is 0 Å². The van der Waals surface area contributed by atoms with E-state index in [1.807, 2.05) is 0 Å². The molecule has 0 atom stereocenters. The van der Waals surface area contributed by atoms with Crippen molar-refractivity contribution in [1.29, 1.82) is 0 Å². The summed E-state index contributed by atoms with van der Waals surface area (Å²) >= 11 is 7.07. The number of nitrogens with two attached hydrogens (primary N) is 1. The Morgan fingerprint density at radius 1 is 0.800 bits per heavy atom. The third-order valence-electron chi connectivity index (χ3n) is 2.02. The molecule has 0 aromatic heterocycles. The van der Waals surface area contributed by atoms with Crippen molar-refractivity contribution >= 4 is 52.7 Å². The topological polar surface area (TPSA) is 26.0 Å². The van der Waals surface area contributed by atoms with Gasteiger partial charge in [-0.05, 0) is 31.1 Å². The van der Waals surface area contributed by atoms with Gasteiger partial charge in [0.05, 0.1) is 0 Å². The van der Waals surface area contributed by atoms with Crippen LogP contribution in [0.25, 0.3) is 0 Å². The highest BCUT2D eigenvalue weighted by Gasteiger charge is 2.14. The molecule has 15 heavy (non-hydrogen) atoms. The Bertz CT molecular complexity index is 352. The molecule has 0 radical (unpaired) electrons. The molecular formula is C10H15NS4. The van der Waals surface area contributed by atoms with Gasteiger partial charge in [-0.1, -0.05) is 0 Å². The second kappa shape index (κ2) is 6.23. The molecule has 0 aliphatic rings. The molecule has 0 aliphatic heterocycles. The quantitative estimate of drug-likeness (QED) is 0.658. The molecule has 0 heterocycles. The van der Waals surface area contributed by atoms with E-state index in [4.69, 9.17) is 5.73 Å². The van der Waals surface area contributed by atoms with E-state index in [1.165, 1.54) is 19.6 Å². The number of anilines is 1. The molecule has 1 nitrogen and oxygen atoms in total. The summed E-state index contributed by atoms with van der Waals surface area (Å²) in [5.74, 6) is 0. The summed E-state index contributed by atoms with van der Waals surface area (Å²) in [6, 6.07) is 2.09. The third-order valence-corrected chi connectivity index (χ3v) is 5.66. The van der Waals surface area contributed by atoms with Gasteiger partial charge in [-0.2, -0.15) is 0 Å². The van der Waals surface area contributed by atoms with Gasteiger partial charge in [-0.3, -0.25) is 0 Å². The van der Waals surface area contributed by atoms with Crippen LogP contribution in [0, 0.1) is 0 Å². The van der Waals surface area contributed by atoms with Gasteiger partial charge in [0, 0.05) is 25.3 Å². The number of benzene rings is 1. The minimum atomic E-state index is 0.897. The normalized spacial score (nSPS) is 10.7. The number of thioether (sulfide) groups is 4. The maximum Gasteiger partial charge on any atom is 0.0475 e. The summed E-state index contributed by atoms with van der Waals surface area (Å²) < 4.78 is 0. The van der Waals surface area contributed by atoms with E-state index >= 15 is 0 Å². The van der Waals surface area contributed by atoms with Crippen LogP contribution in [0.4, 0.5) is 5.69 Å². The molecule has 1 aromatic carbocycles. The molecule has 0 unspecified atom stereocenters. The minimum Gasteiger partial charge on any atom is -0.398 e. The number of nitrogen functional groups attached to an aromatic ring is 1. The molecule has 0 aliphatic carbocycles. The van der Waals surface area contributed by atoms with Crippen LogP contribution < -0.4 is 5.73 Å². The molecule has 0 fully saturated rings. The van der Waals surface area contributed by atoms with Gasteiger partial charge in [-0.15, -0.1) is 47.0 Å². The van der Waals surface area contributed by atoms with Crippen LogP contribution in [0.1, 0.15) is 0 Å². The lowest BCUT2D eigenvalue weighted by Crippen LogP contribution is -1.94. The van der Waals surface area contributed by atoms with E-state index in [-0.39, 0.29) is 0 Å². The van der Waals surface area contributed by atoms with E-state index < -0.39 is 0 Å². The zero-order valence-corrected chi connectivity index (χ0v) is 12.6. The Morgan fingerprint density at radius 3 is 1.73 bits per heavy atom. The van der Waals surface area contributed by atoms with Crippen LogP contribution in [0.2, 0.25) is 0 Å². The Hall–Kier alpha value is 0.420. The predicted molar refractivity (Wildman–Crippen MR) is 78.0 cm³/mol. The zero-order valence-electron chi connectivity index (χ0n) is 9.29. The molecule has 5 heteroatoms. The maximum absolute atomic E-state index is 6.05. The summed E-state index contributed by atoms with van der Waals surface area (Å²) in [5.41, 5.74) is 6.95. The van der Waals surface area contributed by atoms with Crippen molar-refractivity contribution < 1.29 is 0 Å². The molecular weight excluding hydrogens is 262 g/mol.